The summed E-state index contributed by atoms with van der Waals surface area (Å²) < 4.78 is 10.2. The van der Waals surface area contributed by atoms with Crippen molar-refractivity contribution in [3.8, 4) is 5.75 Å². The van der Waals surface area contributed by atoms with Crippen LogP contribution in [0.25, 0.3) is 0 Å². The van der Waals surface area contributed by atoms with Gasteiger partial charge in [-0.3, -0.25) is 9.69 Å². The van der Waals surface area contributed by atoms with Crippen molar-refractivity contribution in [1.82, 2.24) is 0 Å². The van der Waals surface area contributed by atoms with E-state index in [9.17, 15) is 4.79 Å². The van der Waals surface area contributed by atoms with Crippen molar-refractivity contribution in [2.45, 2.75) is 19.9 Å². The van der Waals surface area contributed by atoms with Gasteiger partial charge in [-0.05, 0) is 26.0 Å². The minimum Gasteiger partial charge on any atom is -0.495 e. The zero-order valence-corrected chi connectivity index (χ0v) is 13.5. The summed E-state index contributed by atoms with van der Waals surface area (Å²) in [5.74, 6) is 0.292. The zero-order valence-electron chi connectivity index (χ0n) is 12.0. The molecule has 0 bridgehead atoms. The number of nitrogens with zero attached hydrogens (tertiary/aromatic N) is 1. The Kier molecular flexibility index (Phi) is 6.39. The van der Waals surface area contributed by atoms with Crippen LogP contribution in [0.3, 0.4) is 0 Å². The maximum absolute atomic E-state index is 12.3. The van der Waals surface area contributed by atoms with E-state index in [0.29, 0.717) is 21.3 Å². The predicted octanol–water partition coefficient (Wildman–Crippen LogP) is 3.11. The summed E-state index contributed by atoms with van der Waals surface area (Å²) >= 11 is 11.4. The number of carbonyl (C=O) groups excluding carboxylic acids is 1. The molecule has 0 radical (unpaired) electrons. The lowest BCUT2D eigenvalue weighted by Gasteiger charge is -2.30. The average Bonchev–Trinajstić information content (AvgIpc) is 2.40. The Hall–Kier alpha value is -1.17. The second-order valence-corrected chi connectivity index (χ2v) is 5.33. The smallest absolute Gasteiger partial charge is 0.253 e. The van der Waals surface area contributed by atoms with Crippen LogP contribution in [-0.4, -0.2) is 37.6 Å². The molecule has 1 unspecified atom stereocenters. The molecule has 0 aliphatic heterocycles. The number of hydrogen-bond acceptors (Lipinski definition) is 4. The van der Waals surface area contributed by atoms with Gasteiger partial charge in [-0.25, -0.2) is 0 Å². The van der Waals surface area contributed by atoms with Gasteiger partial charge in [0.25, 0.3) is 5.91 Å². The largest absolute Gasteiger partial charge is 0.495 e. The first-order valence-corrected chi connectivity index (χ1v) is 6.86. The molecule has 0 spiro atoms. The number of ether oxygens (including phenoxy) is 2. The third-order valence-electron chi connectivity index (χ3n) is 2.92. The molecule has 1 aromatic rings. The highest BCUT2D eigenvalue weighted by Gasteiger charge is 2.27. The summed E-state index contributed by atoms with van der Waals surface area (Å²) in [7, 11) is 3.00. The van der Waals surface area contributed by atoms with Gasteiger partial charge in [-0.2, -0.15) is 0 Å². The number of carbonyl (C=O) groups is 1. The Morgan fingerprint density at radius 1 is 1.45 bits per heavy atom. The van der Waals surface area contributed by atoms with E-state index in [-0.39, 0.29) is 18.6 Å². The summed E-state index contributed by atoms with van der Waals surface area (Å²) in [5.41, 5.74) is 0.510. The predicted molar refractivity (Wildman–Crippen MR) is 85.1 cm³/mol. The number of methoxy groups -OCH3 is 2. The molecule has 4 nitrogen and oxygen atoms in total. The molecule has 0 fully saturated rings. The molecule has 0 aromatic heterocycles. The number of benzene rings is 1. The van der Waals surface area contributed by atoms with Gasteiger partial charge < -0.3 is 9.47 Å². The number of thiocarbonyl (C=S) groups is 1. The molecule has 20 heavy (non-hydrogen) atoms. The van der Waals surface area contributed by atoms with Gasteiger partial charge in [0, 0.05) is 12.0 Å². The highest BCUT2D eigenvalue weighted by atomic mass is 35.5. The van der Waals surface area contributed by atoms with Crippen LogP contribution in [0.2, 0.25) is 5.02 Å². The van der Waals surface area contributed by atoms with E-state index in [4.69, 9.17) is 33.3 Å². The molecule has 0 aliphatic rings. The lowest BCUT2D eigenvalue weighted by Crippen LogP contribution is -2.44. The van der Waals surface area contributed by atoms with Crippen LogP contribution in [0, 0.1) is 0 Å². The average molecular weight is 316 g/mol. The third-order valence-corrected chi connectivity index (χ3v) is 3.57. The standard InChI is InChI=1S/C14H18ClNO3S/c1-9(10(2)20)16(13(17)8-18-3)14-11(15)6-5-7-12(14)19-4/h5-7,9H,8H2,1-4H3. The fraction of sp³-hybridized carbons (Fsp3) is 0.429. The highest BCUT2D eigenvalue weighted by molar-refractivity contribution is 7.80. The van der Waals surface area contributed by atoms with Crippen LogP contribution >= 0.6 is 23.8 Å². The Bertz CT molecular complexity index is 507. The highest BCUT2D eigenvalue weighted by Crippen LogP contribution is 2.37. The molecule has 1 amide bonds. The summed E-state index contributed by atoms with van der Waals surface area (Å²) in [6, 6.07) is 4.93. The van der Waals surface area contributed by atoms with Gasteiger partial charge in [-0.1, -0.05) is 29.9 Å². The van der Waals surface area contributed by atoms with Gasteiger partial charge in [0.15, 0.2) is 0 Å². The Morgan fingerprint density at radius 2 is 2.10 bits per heavy atom. The molecular formula is C14H18ClNO3S. The van der Waals surface area contributed by atoms with Crippen LogP contribution in [0.4, 0.5) is 5.69 Å². The zero-order chi connectivity index (χ0) is 15.3. The summed E-state index contributed by atoms with van der Waals surface area (Å²) in [6.45, 7) is 3.58. The van der Waals surface area contributed by atoms with Gasteiger partial charge in [0.2, 0.25) is 0 Å². The van der Waals surface area contributed by atoms with E-state index >= 15 is 0 Å². The van der Waals surface area contributed by atoms with Gasteiger partial charge in [0.1, 0.15) is 18.0 Å². The molecule has 0 saturated carbocycles. The van der Waals surface area contributed by atoms with E-state index in [1.807, 2.05) is 6.92 Å². The molecule has 0 heterocycles. The van der Waals surface area contributed by atoms with Crippen molar-refractivity contribution in [3.63, 3.8) is 0 Å². The first kappa shape index (κ1) is 16.9. The molecular weight excluding hydrogens is 298 g/mol. The van der Waals surface area contributed by atoms with Crippen molar-refractivity contribution >= 4 is 40.3 Å². The van der Waals surface area contributed by atoms with Crippen LogP contribution in [0.15, 0.2) is 18.2 Å². The Balaban J connectivity index is 3.37. The van der Waals surface area contributed by atoms with E-state index in [2.05, 4.69) is 0 Å². The fourth-order valence-electron chi connectivity index (χ4n) is 1.80. The first-order valence-electron chi connectivity index (χ1n) is 6.08. The SMILES string of the molecule is COCC(=O)N(c1c(Cl)cccc1OC)C(C)C(C)=S. The van der Waals surface area contributed by atoms with E-state index in [0.717, 1.165) is 0 Å². The molecule has 1 aromatic carbocycles. The quantitative estimate of drug-likeness (QED) is 0.756. The minimum absolute atomic E-state index is 0.0542. The van der Waals surface area contributed by atoms with Crippen molar-refractivity contribution < 1.29 is 14.3 Å². The summed E-state index contributed by atoms with van der Waals surface area (Å²) in [5, 5.41) is 0.428. The van der Waals surface area contributed by atoms with Crippen molar-refractivity contribution in [1.29, 1.82) is 0 Å². The van der Waals surface area contributed by atoms with Crippen LogP contribution in [0.5, 0.6) is 5.75 Å². The maximum atomic E-state index is 12.3. The summed E-state index contributed by atoms with van der Waals surface area (Å²) in [6.07, 6.45) is 0. The van der Waals surface area contributed by atoms with Crippen molar-refractivity contribution in [2.75, 3.05) is 25.7 Å². The molecule has 1 atom stereocenters. The molecule has 110 valence electrons. The lowest BCUT2D eigenvalue weighted by atomic mass is 10.1. The molecule has 1 rings (SSSR count). The normalized spacial score (nSPS) is 11.8. The Morgan fingerprint density at radius 3 is 2.60 bits per heavy atom. The number of anilines is 1. The van der Waals surface area contributed by atoms with Crippen molar-refractivity contribution in [3.05, 3.63) is 23.2 Å². The second-order valence-electron chi connectivity index (χ2n) is 4.27. The van der Waals surface area contributed by atoms with Crippen LogP contribution in [0.1, 0.15) is 13.8 Å². The fourth-order valence-corrected chi connectivity index (χ4v) is 2.17. The minimum atomic E-state index is -0.290. The van der Waals surface area contributed by atoms with Gasteiger partial charge >= 0.3 is 0 Å². The topological polar surface area (TPSA) is 38.8 Å². The van der Waals surface area contributed by atoms with Crippen molar-refractivity contribution in [2.24, 2.45) is 0 Å². The number of amides is 1. The molecule has 0 saturated heterocycles. The molecule has 0 aliphatic carbocycles. The van der Waals surface area contributed by atoms with Gasteiger partial charge in [-0.15, -0.1) is 0 Å². The van der Waals surface area contributed by atoms with E-state index in [1.54, 1.807) is 25.1 Å². The number of rotatable bonds is 6. The monoisotopic (exact) mass is 315 g/mol. The second kappa shape index (κ2) is 7.57. The Labute approximate surface area is 129 Å². The maximum Gasteiger partial charge on any atom is 0.253 e. The molecule has 0 N–H and O–H groups in total. The first-order chi connectivity index (χ1) is 9.43. The van der Waals surface area contributed by atoms with Gasteiger partial charge in [0.05, 0.1) is 18.2 Å². The van der Waals surface area contributed by atoms with Crippen LogP contribution < -0.4 is 9.64 Å². The number of hydrogen-bond donors (Lipinski definition) is 0. The van der Waals surface area contributed by atoms with E-state index < -0.39 is 0 Å². The third kappa shape index (κ3) is 3.69. The number of halogens is 1. The lowest BCUT2D eigenvalue weighted by molar-refractivity contribution is -0.122. The molecule has 6 heteroatoms. The van der Waals surface area contributed by atoms with E-state index in [1.165, 1.54) is 19.1 Å². The summed E-state index contributed by atoms with van der Waals surface area (Å²) in [4.78, 5) is 14.5. The number of para-hydroxylation sites is 1. The van der Waals surface area contributed by atoms with Crippen LogP contribution in [-0.2, 0) is 9.53 Å².